The Labute approximate surface area is 95.6 Å². The van der Waals surface area contributed by atoms with E-state index in [1.807, 2.05) is 6.92 Å². The molecule has 0 heterocycles. The molecular weight excluding hydrogens is 212 g/mol. The van der Waals surface area contributed by atoms with Crippen LogP contribution < -0.4 is 5.32 Å². The summed E-state index contributed by atoms with van der Waals surface area (Å²) in [6.07, 6.45) is 0.717. The second kappa shape index (κ2) is 8.96. The highest BCUT2D eigenvalue weighted by Gasteiger charge is 2.08. The molecule has 0 aromatic carbocycles. The van der Waals surface area contributed by atoms with Crippen LogP contribution in [0.1, 0.15) is 19.8 Å². The van der Waals surface area contributed by atoms with Gasteiger partial charge in [0.15, 0.2) is 0 Å². The summed E-state index contributed by atoms with van der Waals surface area (Å²) in [6, 6.07) is -0.252. The topological polar surface area (TPSA) is 78.9 Å². The van der Waals surface area contributed by atoms with Crippen LogP contribution in [0.3, 0.4) is 0 Å². The quantitative estimate of drug-likeness (QED) is 0.598. The number of hydrogen-bond donors (Lipinski definition) is 2. The predicted molar refractivity (Wildman–Crippen MR) is 59.4 cm³/mol. The molecule has 2 N–H and O–H groups in total. The van der Waals surface area contributed by atoms with Gasteiger partial charge in [-0.3, -0.25) is 4.79 Å². The van der Waals surface area contributed by atoms with Crippen molar-refractivity contribution in [1.82, 2.24) is 10.2 Å². The van der Waals surface area contributed by atoms with Crippen LogP contribution in [0.15, 0.2) is 0 Å². The first-order chi connectivity index (χ1) is 7.57. The Hall–Kier alpha value is -1.30. The molecule has 0 unspecified atom stereocenters. The van der Waals surface area contributed by atoms with E-state index in [-0.39, 0.29) is 19.0 Å². The van der Waals surface area contributed by atoms with Crippen molar-refractivity contribution in [3.05, 3.63) is 0 Å². The summed E-state index contributed by atoms with van der Waals surface area (Å²) < 4.78 is 5.11. The number of urea groups is 1. The standard InChI is InChI=1S/C10H20N2O4/c1-3-16-8-4-6-11-10(15)12(2)7-5-9(13)14/h3-8H2,1-2H3,(H,11,15)(H,13,14). The number of nitrogens with zero attached hydrogens (tertiary/aromatic N) is 1. The van der Waals surface area contributed by atoms with Crippen molar-refractivity contribution in [2.75, 3.05) is 33.4 Å². The molecule has 6 nitrogen and oxygen atoms in total. The molecular formula is C10H20N2O4. The SMILES string of the molecule is CCOCCCNC(=O)N(C)CCC(=O)O. The van der Waals surface area contributed by atoms with E-state index in [1.165, 1.54) is 4.90 Å². The fourth-order valence-electron chi connectivity index (χ4n) is 1.01. The minimum atomic E-state index is -0.906. The number of amides is 2. The van der Waals surface area contributed by atoms with Crippen molar-refractivity contribution in [2.24, 2.45) is 0 Å². The van der Waals surface area contributed by atoms with Gasteiger partial charge < -0.3 is 20.1 Å². The molecule has 0 rings (SSSR count). The Morgan fingerprint density at radius 1 is 1.44 bits per heavy atom. The summed E-state index contributed by atoms with van der Waals surface area (Å²) >= 11 is 0. The lowest BCUT2D eigenvalue weighted by Crippen LogP contribution is -2.39. The first kappa shape index (κ1) is 14.7. The van der Waals surface area contributed by atoms with Crippen LogP contribution >= 0.6 is 0 Å². The lowest BCUT2D eigenvalue weighted by atomic mass is 10.4. The second-order valence-electron chi connectivity index (χ2n) is 3.35. The van der Waals surface area contributed by atoms with E-state index in [0.29, 0.717) is 19.8 Å². The number of carboxylic acids is 1. The number of ether oxygens (including phenoxy) is 1. The molecule has 94 valence electrons. The van der Waals surface area contributed by atoms with Gasteiger partial charge in [0.1, 0.15) is 0 Å². The van der Waals surface area contributed by atoms with Crippen molar-refractivity contribution in [3.8, 4) is 0 Å². The number of rotatable bonds is 8. The molecule has 0 aromatic rings. The minimum absolute atomic E-state index is 0.0388. The third-order valence-electron chi connectivity index (χ3n) is 1.95. The molecule has 0 saturated carbocycles. The molecule has 16 heavy (non-hydrogen) atoms. The number of hydrogen-bond acceptors (Lipinski definition) is 3. The molecule has 0 aliphatic heterocycles. The third-order valence-corrected chi connectivity index (χ3v) is 1.95. The molecule has 0 saturated heterocycles. The third kappa shape index (κ3) is 8.05. The van der Waals surface area contributed by atoms with Gasteiger partial charge in [0, 0.05) is 33.4 Å². The summed E-state index contributed by atoms with van der Waals surface area (Å²) in [6.45, 7) is 3.96. The van der Waals surface area contributed by atoms with Gasteiger partial charge in [-0.1, -0.05) is 0 Å². The fraction of sp³-hybridized carbons (Fsp3) is 0.800. The van der Waals surface area contributed by atoms with E-state index in [0.717, 1.165) is 6.42 Å². The minimum Gasteiger partial charge on any atom is -0.481 e. The normalized spacial score (nSPS) is 9.88. The van der Waals surface area contributed by atoms with Crippen LogP contribution in [0.2, 0.25) is 0 Å². The van der Waals surface area contributed by atoms with Crippen LogP contribution in [-0.4, -0.2) is 55.4 Å². The smallest absolute Gasteiger partial charge is 0.317 e. The molecule has 0 aliphatic rings. The highest BCUT2D eigenvalue weighted by atomic mass is 16.5. The van der Waals surface area contributed by atoms with Gasteiger partial charge in [-0.2, -0.15) is 0 Å². The van der Waals surface area contributed by atoms with Crippen LogP contribution in [0, 0.1) is 0 Å². The zero-order valence-corrected chi connectivity index (χ0v) is 9.86. The molecule has 0 bridgehead atoms. The van der Waals surface area contributed by atoms with Gasteiger partial charge in [-0.25, -0.2) is 4.79 Å². The predicted octanol–water partition coefficient (Wildman–Crippen LogP) is 0.529. The van der Waals surface area contributed by atoms with E-state index in [1.54, 1.807) is 7.05 Å². The van der Waals surface area contributed by atoms with Crippen LogP contribution in [0.4, 0.5) is 4.79 Å². The molecule has 0 radical (unpaired) electrons. The van der Waals surface area contributed by atoms with Gasteiger partial charge in [-0.15, -0.1) is 0 Å². The number of carbonyl (C=O) groups is 2. The molecule has 0 spiro atoms. The monoisotopic (exact) mass is 232 g/mol. The molecule has 6 heteroatoms. The average Bonchev–Trinajstić information content (AvgIpc) is 2.25. The Balaban J connectivity index is 3.51. The van der Waals surface area contributed by atoms with E-state index in [2.05, 4.69) is 5.32 Å². The Kier molecular flexibility index (Phi) is 8.24. The highest BCUT2D eigenvalue weighted by Crippen LogP contribution is 1.89. The van der Waals surface area contributed by atoms with E-state index in [4.69, 9.17) is 9.84 Å². The van der Waals surface area contributed by atoms with Gasteiger partial charge in [0.2, 0.25) is 0 Å². The highest BCUT2D eigenvalue weighted by molar-refractivity contribution is 5.74. The van der Waals surface area contributed by atoms with Crippen LogP contribution in [-0.2, 0) is 9.53 Å². The number of carboxylic acid groups (broad SMARTS) is 1. The molecule has 0 atom stereocenters. The van der Waals surface area contributed by atoms with Gasteiger partial charge in [0.25, 0.3) is 0 Å². The lowest BCUT2D eigenvalue weighted by molar-refractivity contribution is -0.137. The molecule has 2 amide bonds. The molecule has 0 fully saturated rings. The van der Waals surface area contributed by atoms with Crippen molar-refractivity contribution in [2.45, 2.75) is 19.8 Å². The Morgan fingerprint density at radius 2 is 2.12 bits per heavy atom. The summed E-state index contributed by atoms with van der Waals surface area (Å²) in [5.74, 6) is -0.906. The zero-order valence-electron chi connectivity index (χ0n) is 9.86. The molecule has 0 aliphatic carbocycles. The number of nitrogens with one attached hydrogen (secondary N) is 1. The zero-order chi connectivity index (χ0) is 12.4. The summed E-state index contributed by atoms with van der Waals surface area (Å²) in [4.78, 5) is 23.0. The first-order valence-corrected chi connectivity index (χ1v) is 5.36. The van der Waals surface area contributed by atoms with Gasteiger partial charge >= 0.3 is 12.0 Å². The van der Waals surface area contributed by atoms with E-state index >= 15 is 0 Å². The van der Waals surface area contributed by atoms with E-state index in [9.17, 15) is 9.59 Å². The van der Waals surface area contributed by atoms with E-state index < -0.39 is 5.97 Å². The summed E-state index contributed by atoms with van der Waals surface area (Å²) in [5.41, 5.74) is 0. The van der Waals surface area contributed by atoms with Crippen molar-refractivity contribution < 1.29 is 19.4 Å². The van der Waals surface area contributed by atoms with Crippen molar-refractivity contribution >= 4 is 12.0 Å². The van der Waals surface area contributed by atoms with Crippen molar-refractivity contribution in [1.29, 1.82) is 0 Å². The maximum absolute atomic E-state index is 11.4. The van der Waals surface area contributed by atoms with Crippen molar-refractivity contribution in [3.63, 3.8) is 0 Å². The number of carbonyl (C=O) groups excluding carboxylic acids is 1. The van der Waals surface area contributed by atoms with Crippen LogP contribution in [0.5, 0.6) is 0 Å². The molecule has 0 aromatic heterocycles. The average molecular weight is 232 g/mol. The maximum Gasteiger partial charge on any atom is 0.317 e. The number of aliphatic carboxylic acids is 1. The Bertz CT molecular complexity index is 221. The maximum atomic E-state index is 11.4. The largest absolute Gasteiger partial charge is 0.481 e. The van der Waals surface area contributed by atoms with Gasteiger partial charge in [-0.05, 0) is 13.3 Å². The second-order valence-corrected chi connectivity index (χ2v) is 3.35. The fourth-order valence-corrected chi connectivity index (χ4v) is 1.01. The Morgan fingerprint density at radius 3 is 2.69 bits per heavy atom. The van der Waals surface area contributed by atoms with Crippen LogP contribution in [0.25, 0.3) is 0 Å². The summed E-state index contributed by atoms with van der Waals surface area (Å²) in [5, 5.41) is 11.1. The lowest BCUT2D eigenvalue weighted by Gasteiger charge is -2.16. The summed E-state index contributed by atoms with van der Waals surface area (Å²) in [7, 11) is 1.57. The first-order valence-electron chi connectivity index (χ1n) is 5.36. The van der Waals surface area contributed by atoms with Gasteiger partial charge in [0.05, 0.1) is 6.42 Å².